The van der Waals surface area contributed by atoms with Gasteiger partial charge in [-0.2, -0.15) is 0 Å². The van der Waals surface area contributed by atoms with Crippen LogP contribution in [-0.4, -0.2) is 18.0 Å². The van der Waals surface area contributed by atoms with Crippen molar-refractivity contribution in [2.24, 2.45) is 0 Å². The average Bonchev–Trinajstić information content (AvgIpc) is 2.41. The fraction of sp³-hybridized carbons (Fsp3) is 0.188. The molecule has 0 heterocycles. The molecule has 0 aliphatic rings. The van der Waals surface area contributed by atoms with Gasteiger partial charge >= 0.3 is 6.03 Å². The van der Waals surface area contributed by atoms with Gasteiger partial charge in [-0.15, -0.1) is 0 Å². The van der Waals surface area contributed by atoms with Crippen LogP contribution in [0.4, 0.5) is 14.9 Å². The fourth-order valence-electron chi connectivity index (χ4n) is 1.91. The first kappa shape index (κ1) is 15.3. The maximum absolute atomic E-state index is 13.1. The molecule has 0 atom stereocenters. The van der Waals surface area contributed by atoms with Gasteiger partial charge in [-0.3, -0.25) is 0 Å². The third kappa shape index (κ3) is 4.20. The Morgan fingerprint density at radius 2 is 2.05 bits per heavy atom. The van der Waals surface area contributed by atoms with E-state index >= 15 is 0 Å². The molecule has 110 valence electrons. The topological polar surface area (TPSA) is 32.3 Å². The van der Waals surface area contributed by atoms with Crippen LogP contribution in [0.1, 0.15) is 11.1 Å². The number of aryl methyl sites for hydroxylation is 1. The number of rotatable bonds is 3. The summed E-state index contributed by atoms with van der Waals surface area (Å²) in [6.45, 7) is 2.24. The third-order valence-corrected chi connectivity index (χ3v) is 3.33. The molecule has 0 saturated heterocycles. The number of amides is 2. The first-order valence-electron chi connectivity index (χ1n) is 6.48. The zero-order chi connectivity index (χ0) is 15.4. The molecule has 2 aromatic carbocycles. The van der Waals surface area contributed by atoms with Crippen LogP contribution in [0.3, 0.4) is 0 Å². The highest BCUT2D eigenvalue weighted by Crippen LogP contribution is 2.23. The lowest BCUT2D eigenvalue weighted by atomic mass is 10.2. The lowest BCUT2D eigenvalue weighted by Crippen LogP contribution is -2.30. The van der Waals surface area contributed by atoms with Crippen molar-refractivity contribution in [2.75, 3.05) is 12.4 Å². The second kappa shape index (κ2) is 6.59. The molecule has 0 aliphatic heterocycles. The van der Waals surface area contributed by atoms with Gasteiger partial charge in [0.1, 0.15) is 5.82 Å². The van der Waals surface area contributed by atoms with Crippen LogP contribution < -0.4 is 5.32 Å². The maximum Gasteiger partial charge on any atom is 0.321 e. The van der Waals surface area contributed by atoms with Gasteiger partial charge in [0.15, 0.2) is 0 Å². The van der Waals surface area contributed by atoms with Crippen molar-refractivity contribution in [2.45, 2.75) is 13.5 Å². The molecule has 0 aliphatic carbocycles. The van der Waals surface area contributed by atoms with Gasteiger partial charge in [-0.05, 0) is 42.3 Å². The number of urea groups is 1. The Kier molecular flexibility index (Phi) is 4.81. The summed E-state index contributed by atoms with van der Waals surface area (Å²) in [5, 5.41) is 3.22. The van der Waals surface area contributed by atoms with E-state index in [1.165, 1.54) is 17.0 Å². The number of anilines is 1. The van der Waals surface area contributed by atoms with E-state index in [0.29, 0.717) is 17.3 Å². The van der Waals surface area contributed by atoms with Crippen molar-refractivity contribution in [3.63, 3.8) is 0 Å². The molecule has 0 aromatic heterocycles. The predicted molar refractivity (Wildman–Crippen MR) is 83.1 cm³/mol. The van der Waals surface area contributed by atoms with Gasteiger partial charge in [-0.25, -0.2) is 9.18 Å². The summed E-state index contributed by atoms with van der Waals surface area (Å²) in [5.41, 5.74) is 2.30. The first-order valence-corrected chi connectivity index (χ1v) is 6.86. The number of halogens is 2. The van der Waals surface area contributed by atoms with E-state index in [9.17, 15) is 9.18 Å². The van der Waals surface area contributed by atoms with Gasteiger partial charge in [0.25, 0.3) is 0 Å². The van der Waals surface area contributed by atoms with Crippen molar-refractivity contribution in [1.29, 1.82) is 0 Å². The molecule has 0 radical (unpaired) electrons. The molecule has 0 saturated carbocycles. The molecule has 0 bridgehead atoms. The number of hydrogen-bond donors (Lipinski definition) is 1. The molecular weight excluding hydrogens is 291 g/mol. The van der Waals surface area contributed by atoms with E-state index < -0.39 is 0 Å². The van der Waals surface area contributed by atoms with Gasteiger partial charge in [0.05, 0.1) is 10.7 Å². The summed E-state index contributed by atoms with van der Waals surface area (Å²) in [6, 6.07) is 11.3. The van der Waals surface area contributed by atoms with E-state index in [1.54, 1.807) is 31.3 Å². The predicted octanol–water partition coefficient (Wildman–Crippen LogP) is 4.45. The number of nitrogens with zero attached hydrogens (tertiary/aromatic N) is 1. The van der Waals surface area contributed by atoms with Crippen molar-refractivity contribution >= 4 is 23.3 Å². The number of carbonyl (C=O) groups excluding carboxylic acids is 1. The standard InChI is InChI=1S/C16H16ClFN2O/c1-11-6-7-15(14(17)8-11)19-16(21)20(2)10-12-4-3-5-13(18)9-12/h3-9H,10H2,1-2H3,(H,19,21). The smallest absolute Gasteiger partial charge is 0.321 e. The second-order valence-corrected chi connectivity index (χ2v) is 5.31. The zero-order valence-corrected chi connectivity index (χ0v) is 12.6. The minimum Gasteiger partial charge on any atom is -0.323 e. The number of carbonyl (C=O) groups is 1. The number of nitrogens with one attached hydrogen (secondary N) is 1. The maximum atomic E-state index is 13.1. The summed E-state index contributed by atoms with van der Waals surface area (Å²) in [7, 11) is 1.64. The molecule has 0 spiro atoms. The fourth-order valence-corrected chi connectivity index (χ4v) is 2.20. The monoisotopic (exact) mass is 306 g/mol. The Hall–Kier alpha value is -2.07. The number of hydrogen-bond acceptors (Lipinski definition) is 1. The summed E-state index contributed by atoms with van der Waals surface area (Å²) in [4.78, 5) is 13.6. The molecule has 2 rings (SSSR count). The summed E-state index contributed by atoms with van der Waals surface area (Å²) in [5.74, 6) is -0.317. The first-order chi connectivity index (χ1) is 9.95. The van der Waals surface area contributed by atoms with Gasteiger partial charge in [0, 0.05) is 13.6 Å². The van der Waals surface area contributed by atoms with E-state index in [4.69, 9.17) is 11.6 Å². The highest BCUT2D eigenvalue weighted by atomic mass is 35.5. The molecule has 3 nitrogen and oxygen atoms in total. The molecule has 0 unspecified atom stereocenters. The molecule has 5 heteroatoms. The quantitative estimate of drug-likeness (QED) is 0.892. The van der Waals surface area contributed by atoms with Crippen LogP contribution in [0, 0.1) is 12.7 Å². The van der Waals surface area contributed by atoms with E-state index in [1.807, 2.05) is 13.0 Å². The highest BCUT2D eigenvalue weighted by molar-refractivity contribution is 6.33. The Balaban J connectivity index is 2.02. The molecule has 1 N–H and O–H groups in total. The highest BCUT2D eigenvalue weighted by Gasteiger charge is 2.11. The Morgan fingerprint density at radius 1 is 1.29 bits per heavy atom. The van der Waals surface area contributed by atoms with Crippen molar-refractivity contribution in [3.05, 3.63) is 64.4 Å². The Morgan fingerprint density at radius 3 is 2.71 bits per heavy atom. The van der Waals surface area contributed by atoms with Crippen LogP contribution in [0.15, 0.2) is 42.5 Å². The largest absolute Gasteiger partial charge is 0.323 e. The van der Waals surface area contributed by atoms with E-state index in [-0.39, 0.29) is 11.8 Å². The van der Waals surface area contributed by atoms with Gasteiger partial charge in [-0.1, -0.05) is 29.8 Å². The van der Waals surface area contributed by atoms with E-state index in [0.717, 1.165) is 11.1 Å². The van der Waals surface area contributed by atoms with Crippen LogP contribution >= 0.6 is 11.6 Å². The summed E-state index contributed by atoms with van der Waals surface area (Å²) >= 11 is 6.08. The average molecular weight is 307 g/mol. The normalized spacial score (nSPS) is 10.3. The zero-order valence-electron chi connectivity index (χ0n) is 11.9. The number of benzene rings is 2. The van der Waals surface area contributed by atoms with Crippen LogP contribution in [0.25, 0.3) is 0 Å². The molecule has 2 aromatic rings. The Bertz CT molecular complexity index is 660. The van der Waals surface area contributed by atoms with Crippen molar-refractivity contribution < 1.29 is 9.18 Å². The van der Waals surface area contributed by atoms with E-state index in [2.05, 4.69) is 5.32 Å². The minimum atomic E-state index is -0.317. The van der Waals surface area contributed by atoms with Crippen LogP contribution in [0.5, 0.6) is 0 Å². The summed E-state index contributed by atoms with van der Waals surface area (Å²) in [6.07, 6.45) is 0. The van der Waals surface area contributed by atoms with Gasteiger partial charge in [0.2, 0.25) is 0 Å². The van der Waals surface area contributed by atoms with Crippen LogP contribution in [0.2, 0.25) is 5.02 Å². The van der Waals surface area contributed by atoms with Crippen LogP contribution in [-0.2, 0) is 6.54 Å². The lowest BCUT2D eigenvalue weighted by Gasteiger charge is -2.18. The molecule has 21 heavy (non-hydrogen) atoms. The second-order valence-electron chi connectivity index (χ2n) is 4.90. The Labute approximate surface area is 128 Å². The third-order valence-electron chi connectivity index (χ3n) is 3.02. The van der Waals surface area contributed by atoms with Crippen molar-refractivity contribution in [3.8, 4) is 0 Å². The SMILES string of the molecule is Cc1ccc(NC(=O)N(C)Cc2cccc(F)c2)c(Cl)c1. The van der Waals surface area contributed by atoms with Gasteiger partial charge < -0.3 is 10.2 Å². The lowest BCUT2D eigenvalue weighted by molar-refractivity contribution is 0.220. The van der Waals surface area contributed by atoms with Crippen molar-refractivity contribution in [1.82, 2.24) is 4.90 Å². The molecule has 2 amide bonds. The molecular formula is C16H16ClFN2O. The summed E-state index contributed by atoms with van der Waals surface area (Å²) < 4.78 is 13.1. The molecule has 0 fully saturated rings. The minimum absolute atomic E-state index is 0.301.